The van der Waals surface area contributed by atoms with Crippen molar-refractivity contribution in [2.24, 2.45) is 0 Å². The van der Waals surface area contributed by atoms with E-state index in [0.717, 1.165) is 36.8 Å². The summed E-state index contributed by atoms with van der Waals surface area (Å²) in [4.78, 5) is 2.37. The van der Waals surface area contributed by atoms with Gasteiger partial charge in [0.15, 0.2) is 11.5 Å². The monoisotopic (exact) mass is 351 g/mol. The zero-order chi connectivity index (χ0) is 18.4. The van der Waals surface area contributed by atoms with Crippen molar-refractivity contribution in [2.45, 2.75) is 20.0 Å². The predicted octanol–water partition coefficient (Wildman–Crippen LogP) is 3.91. The second kappa shape index (κ2) is 8.54. The molecule has 0 aliphatic rings. The SMILES string of the molecule is CCN(Cc1ccc(OC)c(OC)c1)Cc1cnn(-c2ccccc2)c1. The van der Waals surface area contributed by atoms with Crippen molar-refractivity contribution >= 4 is 0 Å². The lowest BCUT2D eigenvalue weighted by Gasteiger charge is -2.20. The number of benzene rings is 2. The zero-order valence-corrected chi connectivity index (χ0v) is 15.6. The normalized spacial score (nSPS) is 10.9. The van der Waals surface area contributed by atoms with E-state index < -0.39 is 0 Å². The van der Waals surface area contributed by atoms with Crippen LogP contribution in [0.5, 0.6) is 11.5 Å². The highest BCUT2D eigenvalue weighted by Crippen LogP contribution is 2.28. The average molecular weight is 351 g/mol. The van der Waals surface area contributed by atoms with E-state index in [1.165, 1.54) is 11.1 Å². The molecule has 0 radical (unpaired) electrons. The molecule has 0 spiro atoms. The molecule has 0 fully saturated rings. The zero-order valence-electron chi connectivity index (χ0n) is 15.6. The molecule has 0 unspecified atom stereocenters. The molecule has 0 saturated heterocycles. The molecule has 2 aromatic carbocycles. The molecule has 0 bridgehead atoms. The van der Waals surface area contributed by atoms with Crippen LogP contribution in [0.1, 0.15) is 18.1 Å². The fourth-order valence-corrected chi connectivity index (χ4v) is 2.94. The number of nitrogens with zero attached hydrogens (tertiary/aromatic N) is 3. The highest BCUT2D eigenvalue weighted by molar-refractivity contribution is 5.42. The van der Waals surface area contributed by atoms with Crippen molar-refractivity contribution in [3.05, 3.63) is 72.1 Å². The lowest BCUT2D eigenvalue weighted by Crippen LogP contribution is -2.22. The molecule has 1 aromatic heterocycles. The minimum atomic E-state index is 0.753. The molecule has 0 atom stereocenters. The molecular weight excluding hydrogens is 326 g/mol. The van der Waals surface area contributed by atoms with Crippen LogP contribution < -0.4 is 9.47 Å². The van der Waals surface area contributed by atoms with Crippen LogP contribution in [0.3, 0.4) is 0 Å². The first-order chi connectivity index (χ1) is 12.7. The van der Waals surface area contributed by atoms with Crippen molar-refractivity contribution in [1.82, 2.24) is 14.7 Å². The highest BCUT2D eigenvalue weighted by Gasteiger charge is 2.10. The molecule has 0 N–H and O–H groups in total. The van der Waals surface area contributed by atoms with Gasteiger partial charge in [0.05, 0.1) is 26.1 Å². The predicted molar refractivity (Wildman–Crippen MR) is 103 cm³/mol. The first kappa shape index (κ1) is 18.0. The van der Waals surface area contributed by atoms with Gasteiger partial charge in [0.1, 0.15) is 0 Å². The van der Waals surface area contributed by atoms with Gasteiger partial charge in [-0.25, -0.2) is 4.68 Å². The number of hydrogen-bond donors (Lipinski definition) is 0. The smallest absolute Gasteiger partial charge is 0.161 e. The van der Waals surface area contributed by atoms with E-state index in [9.17, 15) is 0 Å². The Bertz CT molecular complexity index is 830. The molecule has 5 nitrogen and oxygen atoms in total. The number of methoxy groups -OCH3 is 2. The second-order valence-corrected chi connectivity index (χ2v) is 6.12. The van der Waals surface area contributed by atoms with E-state index in [1.54, 1.807) is 14.2 Å². The maximum Gasteiger partial charge on any atom is 0.161 e. The largest absolute Gasteiger partial charge is 0.493 e. The van der Waals surface area contributed by atoms with Gasteiger partial charge in [0.2, 0.25) is 0 Å². The first-order valence-corrected chi connectivity index (χ1v) is 8.75. The Morgan fingerprint density at radius 1 is 0.923 bits per heavy atom. The first-order valence-electron chi connectivity index (χ1n) is 8.75. The van der Waals surface area contributed by atoms with E-state index >= 15 is 0 Å². The maximum atomic E-state index is 5.41. The summed E-state index contributed by atoms with van der Waals surface area (Å²) in [7, 11) is 3.32. The molecule has 3 aromatic rings. The third-order valence-electron chi connectivity index (χ3n) is 4.36. The van der Waals surface area contributed by atoms with Gasteiger partial charge in [-0.3, -0.25) is 4.90 Å². The van der Waals surface area contributed by atoms with Crippen LogP contribution in [0.15, 0.2) is 60.9 Å². The van der Waals surface area contributed by atoms with Gasteiger partial charge in [-0.15, -0.1) is 0 Å². The molecule has 26 heavy (non-hydrogen) atoms. The minimum Gasteiger partial charge on any atom is -0.493 e. The topological polar surface area (TPSA) is 39.5 Å². The van der Waals surface area contributed by atoms with Crippen LogP contribution in [0.4, 0.5) is 0 Å². The van der Waals surface area contributed by atoms with Gasteiger partial charge in [-0.2, -0.15) is 5.10 Å². The van der Waals surface area contributed by atoms with E-state index in [0.29, 0.717) is 0 Å². The third-order valence-corrected chi connectivity index (χ3v) is 4.36. The van der Waals surface area contributed by atoms with Crippen molar-refractivity contribution < 1.29 is 9.47 Å². The Morgan fingerprint density at radius 3 is 2.35 bits per heavy atom. The lowest BCUT2D eigenvalue weighted by molar-refractivity contribution is 0.270. The molecule has 5 heteroatoms. The van der Waals surface area contributed by atoms with E-state index in [-0.39, 0.29) is 0 Å². The van der Waals surface area contributed by atoms with E-state index in [1.807, 2.05) is 41.2 Å². The van der Waals surface area contributed by atoms with Gasteiger partial charge in [-0.1, -0.05) is 31.2 Å². The van der Waals surface area contributed by atoms with Crippen LogP contribution in [0.25, 0.3) is 5.69 Å². The van der Waals surface area contributed by atoms with Gasteiger partial charge in [-0.05, 0) is 36.4 Å². The van der Waals surface area contributed by atoms with Crippen LogP contribution >= 0.6 is 0 Å². The number of hydrogen-bond acceptors (Lipinski definition) is 4. The molecule has 0 amide bonds. The molecule has 0 aliphatic heterocycles. The molecule has 136 valence electrons. The summed E-state index contributed by atoms with van der Waals surface area (Å²) >= 11 is 0. The van der Waals surface area contributed by atoms with Crippen molar-refractivity contribution in [3.8, 4) is 17.2 Å². The summed E-state index contributed by atoms with van der Waals surface area (Å²) in [6.45, 7) is 4.80. The third kappa shape index (κ3) is 4.24. The number of rotatable bonds is 8. The Kier molecular flexibility index (Phi) is 5.92. The lowest BCUT2D eigenvalue weighted by atomic mass is 10.1. The van der Waals surface area contributed by atoms with Crippen molar-refractivity contribution in [3.63, 3.8) is 0 Å². The highest BCUT2D eigenvalue weighted by atomic mass is 16.5. The molecule has 1 heterocycles. The fraction of sp³-hybridized carbons (Fsp3) is 0.286. The van der Waals surface area contributed by atoms with E-state index in [2.05, 4.69) is 41.3 Å². The van der Waals surface area contributed by atoms with Crippen LogP contribution in [-0.2, 0) is 13.1 Å². The summed E-state index contributed by atoms with van der Waals surface area (Å²) in [6, 6.07) is 16.2. The Hall–Kier alpha value is -2.79. The number of aromatic nitrogens is 2. The number of ether oxygens (including phenoxy) is 2. The van der Waals surface area contributed by atoms with Gasteiger partial charge >= 0.3 is 0 Å². The second-order valence-electron chi connectivity index (χ2n) is 6.12. The van der Waals surface area contributed by atoms with Crippen molar-refractivity contribution in [1.29, 1.82) is 0 Å². The van der Waals surface area contributed by atoms with Crippen LogP contribution in [0, 0.1) is 0 Å². The molecule has 3 rings (SSSR count). The summed E-state index contributed by atoms with van der Waals surface area (Å²) in [6.07, 6.45) is 4.02. The summed E-state index contributed by atoms with van der Waals surface area (Å²) in [5, 5.41) is 4.48. The van der Waals surface area contributed by atoms with Crippen molar-refractivity contribution in [2.75, 3.05) is 20.8 Å². The Labute approximate surface area is 154 Å². The quantitative estimate of drug-likeness (QED) is 0.617. The van der Waals surface area contributed by atoms with Crippen LogP contribution in [0.2, 0.25) is 0 Å². The maximum absolute atomic E-state index is 5.41. The molecular formula is C21H25N3O2. The average Bonchev–Trinajstić information content (AvgIpc) is 3.16. The fourth-order valence-electron chi connectivity index (χ4n) is 2.94. The number of para-hydroxylation sites is 1. The minimum absolute atomic E-state index is 0.753. The summed E-state index contributed by atoms with van der Waals surface area (Å²) in [5.74, 6) is 1.52. The molecule has 0 saturated carbocycles. The Morgan fingerprint density at radius 2 is 1.65 bits per heavy atom. The van der Waals surface area contributed by atoms with Crippen LogP contribution in [-0.4, -0.2) is 35.4 Å². The van der Waals surface area contributed by atoms with Gasteiger partial charge in [0.25, 0.3) is 0 Å². The standard InChI is InChI=1S/C21H25N3O2/c1-4-23(14-17-10-11-20(25-2)21(12-17)26-3)15-18-13-22-24(16-18)19-8-6-5-7-9-19/h5-13,16H,4,14-15H2,1-3H3. The van der Waals surface area contributed by atoms with E-state index in [4.69, 9.17) is 9.47 Å². The summed E-state index contributed by atoms with van der Waals surface area (Å²) in [5.41, 5.74) is 3.46. The molecule has 0 aliphatic carbocycles. The van der Waals surface area contributed by atoms with Gasteiger partial charge in [0, 0.05) is 24.8 Å². The summed E-state index contributed by atoms with van der Waals surface area (Å²) < 4.78 is 12.6. The van der Waals surface area contributed by atoms with Gasteiger partial charge < -0.3 is 9.47 Å². The Balaban J connectivity index is 1.69.